The molecule has 2 aromatic rings. The van der Waals surface area contributed by atoms with Gasteiger partial charge in [-0.3, -0.25) is 0 Å². The van der Waals surface area contributed by atoms with Crippen LogP contribution in [0.1, 0.15) is 43.4 Å². The van der Waals surface area contributed by atoms with Gasteiger partial charge in [-0.15, -0.1) is 0 Å². The molecule has 0 radical (unpaired) electrons. The zero-order valence-electron chi connectivity index (χ0n) is 13.3. The van der Waals surface area contributed by atoms with E-state index in [1.165, 1.54) is 17.5 Å². The van der Waals surface area contributed by atoms with Crippen molar-refractivity contribution in [2.75, 3.05) is 0 Å². The Morgan fingerprint density at radius 1 is 0.864 bits per heavy atom. The third kappa shape index (κ3) is 3.33. The summed E-state index contributed by atoms with van der Waals surface area (Å²) in [6.45, 7) is 4.55. The molecule has 112 valence electrons. The predicted molar refractivity (Wildman–Crippen MR) is 93.7 cm³/mol. The number of rotatable bonds is 5. The second kappa shape index (κ2) is 6.69. The summed E-state index contributed by atoms with van der Waals surface area (Å²) in [6, 6.07) is 19.1. The van der Waals surface area contributed by atoms with Crippen LogP contribution in [-0.4, -0.2) is 11.4 Å². The summed E-state index contributed by atoms with van der Waals surface area (Å²) in [7, 11) is 0. The van der Waals surface area contributed by atoms with Gasteiger partial charge in [0, 0.05) is 6.42 Å². The van der Waals surface area contributed by atoms with Gasteiger partial charge in [0.2, 0.25) is 0 Å². The molecule has 1 aliphatic rings. The Balaban J connectivity index is 1.67. The van der Waals surface area contributed by atoms with Crippen molar-refractivity contribution in [3.63, 3.8) is 0 Å². The van der Waals surface area contributed by atoms with E-state index in [0.717, 1.165) is 35.7 Å². The van der Waals surface area contributed by atoms with E-state index in [2.05, 4.69) is 60.4 Å². The number of hydrogen-bond donors (Lipinski definition) is 0. The molecule has 0 N–H and O–H groups in total. The summed E-state index contributed by atoms with van der Waals surface area (Å²) < 4.78 is 0. The molecule has 1 aliphatic heterocycles. The normalized spacial score (nSPS) is 15.4. The van der Waals surface area contributed by atoms with Gasteiger partial charge in [-0.05, 0) is 29.0 Å². The third-order valence-electron chi connectivity index (χ3n) is 4.30. The van der Waals surface area contributed by atoms with Crippen LogP contribution < -0.4 is 0 Å². The van der Waals surface area contributed by atoms with Gasteiger partial charge >= 0.3 is 0 Å². The highest BCUT2D eigenvalue weighted by Gasteiger charge is 2.15. The maximum atomic E-state index is 4.38. The van der Waals surface area contributed by atoms with Crippen molar-refractivity contribution in [1.82, 2.24) is 0 Å². The summed E-state index contributed by atoms with van der Waals surface area (Å²) in [4.78, 5) is 0. The van der Waals surface area contributed by atoms with Crippen LogP contribution in [0.2, 0.25) is 0 Å². The van der Waals surface area contributed by atoms with Crippen molar-refractivity contribution in [3.8, 4) is 0 Å². The van der Waals surface area contributed by atoms with Crippen LogP contribution in [-0.2, 0) is 6.42 Å². The lowest BCUT2D eigenvalue weighted by Crippen LogP contribution is -2.05. The van der Waals surface area contributed by atoms with Crippen molar-refractivity contribution in [2.24, 2.45) is 16.1 Å². The van der Waals surface area contributed by atoms with Gasteiger partial charge in [-0.1, -0.05) is 74.9 Å². The fourth-order valence-electron chi connectivity index (χ4n) is 2.68. The summed E-state index contributed by atoms with van der Waals surface area (Å²) in [5.74, 6) is 0.739. The van der Waals surface area contributed by atoms with E-state index >= 15 is 0 Å². The summed E-state index contributed by atoms with van der Waals surface area (Å²) in [5.41, 5.74) is 5.87. The fraction of sp³-hybridized carbons (Fsp3) is 0.300. The highest BCUT2D eigenvalue weighted by Crippen LogP contribution is 2.18. The SMILES string of the molecule is CCC(C)Cc1ccc(C2=NN=C(c3ccccc3)C2)cc1. The Bertz CT molecular complexity index is 681. The van der Waals surface area contributed by atoms with E-state index in [0.29, 0.717) is 0 Å². The van der Waals surface area contributed by atoms with Gasteiger partial charge in [0.1, 0.15) is 0 Å². The topological polar surface area (TPSA) is 24.7 Å². The Kier molecular flexibility index (Phi) is 4.47. The smallest absolute Gasteiger partial charge is 0.0763 e. The molecule has 1 unspecified atom stereocenters. The van der Waals surface area contributed by atoms with Crippen LogP contribution in [0.4, 0.5) is 0 Å². The second-order valence-electron chi connectivity index (χ2n) is 6.05. The van der Waals surface area contributed by atoms with Crippen LogP contribution in [0, 0.1) is 5.92 Å². The predicted octanol–water partition coefficient (Wildman–Crippen LogP) is 4.87. The van der Waals surface area contributed by atoms with Crippen LogP contribution in [0.3, 0.4) is 0 Å². The zero-order chi connectivity index (χ0) is 15.4. The zero-order valence-corrected chi connectivity index (χ0v) is 13.3. The van der Waals surface area contributed by atoms with Crippen LogP contribution in [0.5, 0.6) is 0 Å². The molecule has 3 rings (SSSR count). The number of hydrogen-bond acceptors (Lipinski definition) is 2. The molecule has 1 heterocycles. The van der Waals surface area contributed by atoms with Crippen LogP contribution in [0.15, 0.2) is 64.8 Å². The largest absolute Gasteiger partial charge is 0.154 e. The van der Waals surface area contributed by atoms with E-state index in [4.69, 9.17) is 0 Å². The first-order chi connectivity index (χ1) is 10.8. The second-order valence-corrected chi connectivity index (χ2v) is 6.05. The first-order valence-electron chi connectivity index (χ1n) is 8.04. The standard InChI is InChI=1S/C20H22N2/c1-3-15(2)13-16-9-11-18(12-10-16)20-14-19(21-22-20)17-7-5-4-6-8-17/h4-12,15H,3,13-14H2,1-2H3. The lowest BCUT2D eigenvalue weighted by molar-refractivity contribution is 0.560. The average molecular weight is 290 g/mol. The van der Waals surface area contributed by atoms with Crippen LogP contribution >= 0.6 is 0 Å². The minimum Gasteiger partial charge on any atom is -0.154 e. The molecule has 1 atom stereocenters. The lowest BCUT2D eigenvalue weighted by Gasteiger charge is -2.09. The first kappa shape index (κ1) is 14.7. The summed E-state index contributed by atoms with van der Waals surface area (Å²) >= 11 is 0. The quantitative estimate of drug-likeness (QED) is 0.750. The minimum atomic E-state index is 0.739. The van der Waals surface area contributed by atoms with Gasteiger partial charge in [-0.2, -0.15) is 10.2 Å². The van der Waals surface area contributed by atoms with Gasteiger partial charge in [0.15, 0.2) is 0 Å². The van der Waals surface area contributed by atoms with E-state index in [-0.39, 0.29) is 0 Å². The maximum Gasteiger partial charge on any atom is 0.0763 e. The first-order valence-corrected chi connectivity index (χ1v) is 8.04. The molecule has 2 heteroatoms. The number of nitrogens with zero attached hydrogens (tertiary/aromatic N) is 2. The molecule has 0 bridgehead atoms. The van der Waals surface area contributed by atoms with Crippen molar-refractivity contribution in [1.29, 1.82) is 0 Å². The molecule has 0 spiro atoms. The van der Waals surface area contributed by atoms with Gasteiger partial charge < -0.3 is 0 Å². The van der Waals surface area contributed by atoms with Crippen molar-refractivity contribution >= 4 is 11.4 Å². The van der Waals surface area contributed by atoms with E-state index < -0.39 is 0 Å². The molecular weight excluding hydrogens is 268 g/mol. The fourth-order valence-corrected chi connectivity index (χ4v) is 2.68. The average Bonchev–Trinajstić information content (AvgIpc) is 3.06. The Morgan fingerprint density at radius 3 is 2.05 bits per heavy atom. The van der Waals surface area contributed by atoms with Crippen molar-refractivity contribution < 1.29 is 0 Å². The van der Waals surface area contributed by atoms with Crippen molar-refractivity contribution in [2.45, 2.75) is 33.1 Å². The number of benzene rings is 2. The van der Waals surface area contributed by atoms with E-state index in [1.54, 1.807) is 0 Å². The maximum absolute atomic E-state index is 4.38. The highest BCUT2D eigenvalue weighted by molar-refractivity contribution is 6.20. The Morgan fingerprint density at radius 2 is 1.45 bits per heavy atom. The van der Waals surface area contributed by atoms with Gasteiger partial charge in [-0.25, -0.2) is 0 Å². The third-order valence-corrected chi connectivity index (χ3v) is 4.30. The lowest BCUT2D eigenvalue weighted by atomic mass is 9.96. The highest BCUT2D eigenvalue weighted by atomic mass is 15.2. The van der Waals surface area contributed by atoms with Gasteiger partial charge in [0.05, 0.1) is 11.4 Å². The molecule has 0 aliphatic carbocycles. The molecule has 2 aromatic carbocycles. The molecule has 0 saturated heterocycles. The van der Waals surface area contributed by atoms with Crippen molar-refractivity contribution in [3.05, 3.63) is 71.3 Å². The molecule has 0 amide bonds. The molecule has 0 aromatic heterocycles. The summed E-state index contributed by atoms with van der Waals surface area (Å²) in [5, 5.41) is 8.73. The Labute approximate surface area is 132 Å². The van der Waals surface area contributed by atoms with Gasteiger partial charge in [0.25, 0.3) is 0 Å². The molecule has 2 nitrogen and oxygen atoms in total. The molecular formula is C20H22N2. The monoisotopic (exact) mass is 290 g/mol. The molecule has 0 saturated carbocycles. The minimum absolute atomic E-state index is 0.739. The Hall–Kier alpha value is -2.22. The van der Waals surface area contributed by atoms with E-state index in [9.17, 15) is 0 Å². The van der Waals surface area contributed by atoms with E-state index in [1.807, 2.05) is 18.2 Å². The summed E-state index contributed by atoms with van der Waals surface area (Å²) in [6.07, 6.45) is 3.19. The van der Waals surface area contributed by atoms with Crippen LogP contribution in [0.25, 0.3) is 0 Å². The molecule has 0 fully saturated rings. The molecule has 22 heavy (non-hydrogen) atoms.